The normalized spacial score (nSPS) is 14.6. The van der Waals surface area contributed by atoms with Gasteiger partial charge in [-0.25, -0.2) is 4.79 Å². The fraction of sp³-hybridized carbons (Fsp3) is 0.450. The molecule has 1 aromatic carbocycles. The molecule has 0 aromatic heterocycles. The van der Waals surface area contributed by atoms with Gasteiger partial charge < -0.3 is 10.1 Å². The summed E-state index contributed by atoms with van der Waals surface area (Å²) in [5, 5.41) is 3.60. The predicted octanol–water partition coefficient (Wildman–Crippen LogP) is 4.29. The molecular weight excluding hydrogens is 300 g/mol. The summed E-state index contributed by atoms with van der Waals surface area (Å²) < 4.78 is 5.24. The summed E-state index contributed by atoms with van der Waals surface area (Å²) in [6, 6.07) is 10.3. The maximum atomic E-state index is 12.4. The fourth-order valence-electron chi connectivity index (χ4n) is 2.88. The summed E-state index contributed by atoms with van der Waals surface area (Å²) in [4.78, 5) is 14.1. The lowest BCUT2D eigenvalue weighted by molar-refractivity contribution is 0.159. The topological polar surface area (TPSA) is 41.6 Å². The standard InChI is InChI=1S/C20H28N2O2/c1-4-24-20(23)22(18-12-6-5-7-13-18)15-14-19(21-16(2)3)17-10-8-9-11-17/h5-8,10-13,16,19,21H,4,9,14-15H2,1-3H3. The molecule has 4 heteroatoms. The van der Waals surface area contributed by atoms with Gasteiger partial charge in [0.15, 0.2) is 0 Å². The van der Waals surface area contributed by atoms with E-state index in [-0.39, 0.29) is 12.1 Å². The first kappa shape index (κ1) is 18.3. The van der Waals surface area contributed by atoms with E-state index in [0.717, 1.165) is 18.5 Å². The van der Waals surface area contributed by atoms with E-state index in [4.69, 9.17) is 4.74 Å². The molecule has 1 N–H and O–H groups in total. The van der Waals surface area contributed by atoms with Crippen LogP contribution in [-0.2, 0) is 4.74 Å². The van der Waals surface area contributed by atoms with Crippen LogP contribution in [0.15, 0.2) is 54.1 Å². The minimum Gasteiger partial charge on any atom is -0.449 e. The molecular formula is C20H28N2O2. The minimum absolute atomic E-state index is 0.240. The summed E-state index contributed by atoms with van der Waals surface area (Å²) in [7, 11) is 0. The molecule has 1 atom stereocenters. The van der Waals surface area contributed by atoms with Crippen LogP contribution in [0.4, 0.5) is 10.5 Å². The van der Waals surface area contributed by atoms with Crippen molar-refractivity contribution in [3.05, 3.63) is 54.1 Å². The number of carbonyl (C=O) groups is 1. The van der Waals surface area contributed by atoms with Gasteiger partial charge in [0.1, 0.15) is 0 Å². The number of allylic oxidation sites excluding steroid dienone is 2. The smallest absolute Gasteiger partial charge is 0.414 e. The summed E-state index contributed by atoms with van der Waals surface area (Å²) >= 11 is 0. The molecule has 130 valence electrons. The van der Waals surface area contributed by atoms with Crippen LogP contribution in [0.25, 0.3) is 0 Å². The highest BCUT2D eigenvalue weighted by Gasteiger charge is 2.21. The summed E-state index contributed by atoms with van der Waals surface area (Å²) in [5.74, 6) is 0. The van der Waals surface area contributed by atoms with Crippen LogP contribution >= 0.6 is 0 Å². The number of anilines is 1. The van der Waals surface area contributed by atoms with Crippen LogP contribution < -0.4 is 10.2 Å². The van der Waals surface area contributed by atoms with Crippen molar-refractivity contribution in [1.29, 1.82) is 0 Å². The highest BCUT2D eigenvalue weighted by Crippen LogP contribution is 2.20. The van der Waals surface area contributed by atoms with E-state index < -0.39 is 0 Å². The van der Waals surface area contributed by atoms with Gasteiger partial charge in [-0.2, -0.15) is 0 Å². The van der Waals surface area contributed by atoms with E-state index in [1.165, 1.54) is 5.57 Å². The quantitative estimate of drug-likeness (QED) is 0.774. The molecule has 24 heavy (non-hydrogen) atoms. The first-order valence-electron chi connectivity index (χ1n) is 8.73. The predicted molar refractivity (Wildman–Crippen MR) is 99.3 cm³/mol. The minimum atomic E-state index is -0.289. The van der Waals surface area contributed by atoms with Gasteiger partial charge in [0.25, 0.3) is 0 Å². The number of rotatable bonds is 8. The van der Waals surface area contributed by atoms with Crippen LogP contribution in [0.2, 0.25) is 0 Å². The van der Waals surface area contributed by atoms with Crippen molar-refractivity contribution >= 4 is 11.8 Å². The van der Waals surface area contributed by atoms with E-state index in [1.807, 2.05) is 37.3 Å². The Morgan fingerprint density at radius 1 is 1.29 bits per heavy atom. The van der Waals surface area contributed by atoms with Crippen LogP contribution in [-0.4, -0.2) is 31.3 Å². The van der Waals surface area contributed by atoms with Crippen molar-refractivity contribution in [3.63, 3.8) is 0 Å². The maximum Gasteiger partial charge on any atom is 0.414 e. The molecule has 0 saturated heterocycles. The SMILES string of the molecule is CCOC(=O)N(CCC(NC(C)C)C1=CCC=C1)c1ccccc1. The number of para-hydroxylation sites is 1. The van der Waals surface area contributed by atoms with E-state index in [0.29, 0.717) is 19.2 Å². The van der Waals surface area contributed by atoms with Crippen molar-refractivity contribution in [2.24, 2.45) is 0 Å². The molecule has 0 fully saturated rings. The number of benzene rings is 1. The first-order valence-corrected chi connectivity index (χ1v) is 8.73. The van der Waals surface area contributed by atoms with E-state index in [2.05, 4.69) is 37.4 Å². The fourth-order valence-corrected chi connectivity index (χ4v) is 2.88. The van der Waals surface area contributed by atoms with Crippen LogP contribution in [0.5, 0.6) is 0 Å². The molecule has 1 unspecified atom stereocenters. The van der Waals surface area contributed by atoms with Crippen LogP contribution in [0.1, 0.15) is 33.6 Å². The number of amides is 1. The van der Waals surface area contributed by atoms with Crippen molar-refractivity contribution in [1.82, 2.24) is 5.32 Å². The third-order valence-corrected chi connectivity index (χ3v) is 3.93. The lowest BCUT2D eigenvalue weighted by atomic mass is 10.0. The van der Waals surface area contributed by atoms with Crippen molar-refractivity contribution < 1.29 is 9.53 Å². The molecule has 1 aliphatic carbocycles. The molecule has 1 aliphatic rings. The average Bonchev–Trinajstić information content (AvgIpc) is 3.09. The van der Waals surface area contributed by atoms with E-state index >= 15 is 0 Å². The van der Waals surface area contributed by atoms with Gasteiger partial charge in [-0.05, 0) is 37.5 Å². The number of hydrogen-bond acceptors (Lipinski definition) is 3. The highest BCUT2D eigenvalue weighted by atomic mass is 16.6. The molecule has 0 saturated carbocycles. The second-order valence-corrected chi connectivity index (χ2v) is 6.19. The molecule has 1 amide bonds. The molecule has 1 aromatic rings. The number of hydrogen-bond donors (Lipinski definition) is 1. The third-order valence-electron chi connectivity index (χ3n) is 3.93. The van der Waals surface area contributed by atoms with Gasteiger partial charge in [0.05, 0.1) is 6.61 Å². The third kappa shape index (κ3) is 5.24. The van der Waals surface area contributed by atoms with Crippen LogP contribution in [0.3, 0.4) is 0 Å². The molecule has 0 radical (unpaired) electrons. The van der Waals surface area contributed by atoms with Gasteiger partial charge >= 0.3 is 6.09 Å². The van der Waals surface area contributed by atoms with Crippen molar-refractivity contribution in [2.45, 2.75) is 45.7 Å². The second-order valence-electron chi connectivity index (χ2n) is 6.19. The Labute approximate surface area is 145 Å². The largest absolute Gasteiger partial charge is 0.449 e. The van der Waals surface area contributed by atoms with Crippen LogP contribution in [0, 0.1) is 0 Å². The summed E-state index contributed by atoms with van der Waals surface area (Å²) in [6.07, 6.45) is 8.13. The molecule has 0 spiro atoms. The Morgan fingerprint density at radius 3 is 2.62 bits per heavy atom. The Balaban J connectivity index is 2.09. The Bertz CT molecular complexity index is 579. The molecule has 0 aliphatic heterocycles. The van der Waals surface area contributed by atoms with E-state index in [1.54, 1.807) is 4.90 Å². The zero-order chi connectivity index (χ0) is 17.4. The number of nitrogens with one attached hydrogen (secondary N) is 1. The molecule has 0 heterocycles. The summed E-state index contributed by atoms with van der Waals surface area (Å²) in [6.45, 7) is 7.11. The lowest BCUT2D eigenvalue weighted by Gasteiger charge is -2.27. The van der Waals surface area contributed by atoms with Gasteiger partial charge in [0, 0.05) is 24.3 Å². The zero-order valence-electron chi connectivity index (χ0n) is 14.9. The van der Waals surface area contributed by atoms with Crippen molar-refractivity contribution in [3.8, 4) is 0 Å². The maximum absolute atomic E-state index is 12.4. The van der Waals surface area contributed by atoms with Gasteiger partial charge in [0.2, 0.25) is 0 Å². The monoisotopic (exact) mass is 328 g/mol. The molecule has 0 bridgehead atoms. The average molecular weight is 328 g/mol. The van der Waals surface area contributed by atoms with Crippen molar-refractivity contribution in [2.75, 3.05) is 18.1 Å². The van der Waals surface area contributed by atoms with Gasteiger partial charge in [-0.15, -0.1) is 0 Å². The number of nitrogens with zero attached hydrogens (tertiary/aromatic N) is 1. The lowest BCUT2D eigenvalue weighted by Crippen LogP contribution is -2.40. The Kier molecular flexibility index (Phi) is 7.07. The first-order chi connectivity index (χ1) is 11.6. The number of ether oxygens (including phenoxy) is 1. The van der Waals surface area contributed by atoms with E-state index in [9.17, 15) is 4.79 Å². The van der Waals surface area contributed by atoms with Gasteiger partial charge in [-0.3, -0.25) is 4.90 Å². The Hall–Kier alpha value is -2.07. The van der Waals surface area contributed by atoms with Gasteiger partial charge in [-0.1, -0.05) is 50.3 Å². The second kappa shape index (κ2) is 9.28. The number of carbonyl (C=O) groups excluding carboxylic acids is 1. The summed E-state index contributed by atoms with van der Waals surface area (Å²) in [5.41, 5.74) is 2.18. The molecule has 4 nitrogen and oxygen atoms in total. The highest BCUT2D eigenvalue weighted by molar-refractivity contribution is 5.87. The zero-order valence-corrected chi connectivity index (χ0v) is 14.9. The molecule has 2 rings (SSSR count). The Morgan fingerprint density at radius 2 is 2.04 bits per heavy atom.